The zero-order chi connectivity index (χ0) is 14.4. The van der Waals surface area contributed by atoms with Crippen LogP contribution in [0.25, 0.3) is 0 Å². The Kier molecular flexibility index (Phi) is 6.02. The van der Waals surface area contributed by atoms with Crippen LogP contribution in [-0.2, 0) is 4.74 Å². The van der Waals surface area contributed by atoms with E-state index >= 15 is 0 Å². The summed E-state index contributed by atoms with van der Waals surface area (Å²) in [6.07, 6.45) is 2.60. The third-order valence-corrected chi connectivity index (χ3v) is 4.27. The number of nitrogens with zero attached hydrogens (tertiary/aromatic N) is 1. The van der Waals surface area contributed by atoms with Crippen LogP contribution in [0.4, 0.5) is 0 Å². The summed E-state index contributed by atoms with van der Waals surface area (Å²) in [5.41, 5.74) is 2.74. The van der Waals surface area contributed by atoms with E-state index < -0.39 is 0 Å². The van der Waals surface area contributed by atoms with E-state index in [0.29, 0.717) is 12.1 Å². The first-order chi connectivity index (χ1) is 9.70. The molecule has 0 bridgehead atoms. The molecule has 0 aromatic heterocycles. The van der Waals surface area contributed by atoms with Crippen LogP contribution in [0.5, 0.6) is 0 Å². The molecule has 2 unspecified atom stereocenters. The van der Waals surface area contributed by atoms with E-state index in [2.05, 4.69) is 48.3 Å². The van der Waals surface area contributed by atoms with Crippen LogP contribution in [-0.4, -0.2) is 44.3 Å². The number of rotatable bonds is 7. The van der Waals surface area contributed by atoms with Gasteiger partial charge in [-0.25, -0.2) is 0 Å². The molecule has 1 aliphatic rings. The maximum Gasteiger partial charge on any atom is 0.0589 e. The summed E-state index contributed by atoms with van der Waals surface area (Å²) < 4.78 is 5.28. The van der Waals surface area contributed by atoms with Crippen LogP contribution in [0.3, 0.4) is 0 Å². The van der Waals surface area contributed by atoms with E-state index in [-0.39, 0.29) is 0 Å². The van der Waals surface area contributed by atoms with Crippen LogP contribution in [0.2, 0.25) is 0 Å². The highest BCUT2D eigenvalue weighted by Gasteiger charge is 2.22. The first kappa shape index (κ1) is 15.5. The van der Waals surface area contributed by atoms with Gasteiger partial charge in [-0.3, -0.25) is 4.90 Å². The van der Waals surface area contributed by atoms with Crippen molar-refractivity contribution in [2.75, 3.05) is 33.4 Å². The molecule has 0 saturated carbocycles. The minimum absolute atomic E-state index is 0.437. The molecule has 3 nitrogen and oxygen atoms in total. The average Bonchev–Trinajstić information content (AvgIpc) is 2.95. The predicted octanol–water partition coefficient (Wildman–Crippen LogP) is 2.76. The van der Waals surface area contributed by atoms with Crippen molar-refractivity contribution in [2.24, 2.45) is 0 Å². The van der Waals surface area contributed by atoms with Gasteiger partial charge in [-0.1, -0.05) is 29.8 Å². The molecule has 1 heterocycles. The number of hydrogen-bond donors (Lipinski definition) is 1. The first-order valence-electron chi connectivity index (χ1n) is 7.73. The van der Waals surface area contributed by atoms with Crippen LogP contribution >= 0.6 is 0 Å². The van der Waals surface area contributed by atoms with Gasteiger partial charge in [-0.05, 0) is 38.8 Å². The van der Waals surface area contributed by atoms with Gasteiger partial charge in [0.15, 0.2) is 0 Å². The van der Waals surface area contributed by atoms with Crippen molar-refractivity contribution in [2.45, 2.75) is 38.8 Å². The topological polar surface area (TPSA) is 24.5 Å². The lowest BCUT2D eigenvalue weighted by atomic mass is 10.0. The number of nitrogens with one attached hydrogen (secondary N) is 1. The molecule has 0 aliphatic carbocycles. The zero-order valence-corrected chi connectivity index (χ0v) is 13.1. The third kappa shape index (κ3) is 4.30. The molecule has 0 radical (unpaired) electrons. The fourth-order valence-corrected chi connectivity index (χ4v) is 2.99. The van der Waals surface area contributed by atoms with E-state index in [1.54, 1.807) is 7.11 Å². The third-order valence-electron chi connectivity index (χ3n) is 4.27. The van der Waals surface area contributed by atoms with Crippen molar-refractivity contribution in [1.82, 2.24) is 10.2 Å². The van der Waals surface area contributed by atoms with Gasteiger partial charge in [0, 0.05) is 32.3 Å². The fourth-order valence-electron chi connectivity index (χ4n) is 2.99. The summed E-state index contributed by atoms with van der Waals surface area (Å²) in [7, 11) is 1.78. The smallest absolute Gasteiger partial charge is 0.0589 e. The summed E-state index contributed by atoms with van der Waals surface area (Å²) in [5, 5.41) is 3.60. The number of hydrogen-bond acceptors (Lipinski definition) is 3. The summed E-state index contributed by atoms with van der Waals surface area (Å²) >= 11 is 0. The predicted molar refractivity (Wildman–Crippen MR) is 84.1 cm³/mol. The van der Waals surface area contributed by atoms with Crippen molar-refractivity contribution in [1.29, 1.82) is 0 Å². The Hall–Kier alpha value is -0.900. The molecule has 112 valence electrons. The van der Waals surface area contributed by atoms with Gasteiger partial charge in [-0.2, -0.15) is 0 Å². The maximum absolute atomic E-state index is 5.28. The normalized spacial score (nSPS) is 20.5. The highest BCUT2D eigenvalue weighted by Crippen LogP contribution is 2.22. The summed E-state index contributed by atoms with van der Waals surface area (Å²) in [6, 6.07) is 9.93. The van der Waals surface area contributed by atoms with Gasteiger partial charge in [0.25, 0.3) is 0 Å². The molecule has 0 spiro atoms. The highest BCUT2D eigenvalue weighted by atomic mass is 16.5. The van der Waals surface area contributed by atoms with E-state index in [1.165, 1.54) is 30.5 Å². The van der Waals surface area contributed by atoms with Crippen molar-refractivity contribution in [3.63, 3.8) is 0 Å². The standard InChI is InChI=1S/C17H28N2O/c1-14-6-4-7-16(12-14)15(2)19(10-11-20-3)13-17-8-5-9-18-17/h4,6-7,12,15,17-18H,5,8-11,13H2,1-3H3. The van der Waals surface area contributed by atoms with E-state index in [0.717, 1.165) is 19.7 Å². The number of benzene rings is 1. The Balaban J connectivity index is 2.03. The largest absolute Gasteiger partial charge is 0.383 e. The van der Waals surface area contributed by atoms with Crippen molar-refractivity contribution in [3.05, 3.63) is 35.4 Å². The van der Waals surface area contributed by atoms with Crippen molar-refractivity contribution < 1.29 is 4.74 Å². The summed E-state index contributed by atoms with van der Waals surface area (Å²) in [4.78, 5) is 2.54. The van der Waals surface area contributed by atoms with Gasteiger partial charge in [-0.15, -0.1) is 0 Å². The second-order valence-electron chi connectivity index (χ2n) is 5.87. The lowest BCUT2D eigenvalue weighted by Gasteiger charge is -2.31. The Bertz CT molecular complexity index is 402. The highest BCUT2D eigenvalue weighted by molar-refractivity contribution is 5.24. The number of methoxy groups -OCH3 is 1. The SMILES string of the molecule is COCCN(CC1CCCN1)C(C)c1cccc(C)c1. The van der Waals surface area contributed by atoms with E-state index in [4.69, 9.17) is 4.74 Å². The van der Waals surface area contributed by atoms with Gasteiger partial charge in [0.2, 0.25) is 0 Å². The molecule has 1 saturated heterocycles. The number of aryl methyl sites for hydroxylation is 1. The lowest BCUT2D eigenvalue weighted by molar-refractivity contribution is 0.118. The molecule has 1 N–H and O–H groups in total. The Morgan fingerprint density at radius 2 is 2.30 bits per heavy atom. The Morgan fingerprint density at radius 1 is 1.45 bits per heavy atom. The number of ether oxygens (including phenoxy) is 1. The summed E-state index contributed by atoms with van der Waals surface area (Å²) in [5.74, 6) is 0. The molecule has 1 aromatic rings. The van der Waals surface area contributed by atoms with Crippen LogP contribution < -0.4 is 5.32 Å². The Labute approximate surface area is 123 Å². The van der Waals surface area contributed by atoms with E-state index in [9.17, 15) is 0 Å². The van der Waals surface area contributed by atoms with Crippen molar-refractivity contribution >= 4 is 0 Å². The first-order valence-corrected chi connectivity index (χ1v) is 7.73. The van der Waals surface area contributed by atoms with Gasteiger partial charge in [0.1, 0.15) is 0 Å². The molecular formula is C17H28N2O. The van der Waals surface area contributed by atoms with Crippen LogP contribution in [0.15, 0.2) is 24.3 Å². The second kappa shape index (κ2) is 7.77. The molecular weight excluding hydrogens is 248 g/mol. The molecule has 3 heteroatoms. The monoisotopic (exact) mass is 276 g/mol. The maximum atomic E-state index is 5.28. The van der Waals surface area contributed by atoms with Gasteiger partial charge in [0.05, 0.1) is 6.61 Å². The average molecular weight is 276 g/mol. The Morgan fingerprint density at radius 3 is 2.95 bits per heavy atom. The molecule has 1 aliphatic heterocycles. The summed E-state index contributed by atoms with van der Waals surface area (Å²) in [6.45, 7) is 8.53. The molecule has 0 amide bonds. The molecule has 1 fully saturated rings. The zero-order valence-electron chi connectivity index (χ0n) is 13.1. The van der Waals surface area contributed by atoms with Gasteiger partial charge >= 0.3 is 0 Å². The van der Waals surface area contributed by atoms with Crippen LogP contribution in [0, 0.1) is 6.92 Å². The molecule has 20 heavy (non-hydrogen) atoms. The van der Waals surface area contributed by atoms with Gasteiger partial charge < -0.3 is 10.1 Å². The lowest BCUT2D eigenvalue weighted by Crippen LogP contribution is -2.40. The van der Waals surface area contributed by atoms with Crippen molar-refractivity contribution in [3.8, 4) is 0 Å². The van der Waals surface area contributed by atoms with Crippen LogP contribution in [0.1, 0.15) is 36.9 Å². The second-order valence-corrected chi connectivity index (χ2v) is 5.87. The minimum atomic E-state index is 0.437. The molecule has 2 atom stereocenters. The minimum Gasteiger partial charge on any atom is -0.383 e. The molecule has 1 aromatic carbocycles. The quantitative estimate of drug-likeness (QED) is 0.829. The molecule has 2 rings (SSSR count). The fraction of sp³-hybridized carbons (Fsp3) is 0.647. The van der Waals surface area contributed by atoms with E-state index in [1.807, 2.05) is 0 Å².